The largest absolute Gasteiger partial charge is 0.422 e. The molecule has 0 aromatic carbocycles. The van der Waals surface area contributed by atoms with E-state index < -0.39 is 28.9 Å². The standard InChI is InChI=1S/C20H29F3N4O3/c1-3-5-6-10-26(9-4-2)18(29)19(30)11-27(12-19)14-8-7-13-15(20(21,22)23)17(28)25-24-16(13)14/h14,30H,3-12H2,1-2H3,(H,25,28)/t14-/m0/s1. The monoisotopic (exact) mass is 430 g/mol. The predicted octanol–water partition coefficient (Wildman–Crippen LogP) is 2.25. The molecule has 1 saturated heterocycles. The normalized spacial score (nSPS) is 20.7. The van der Waals surface area contributed by atoms with Gasteiger partial charge in [-0.1, -0.05) is 26.7 Å². The molecule has 0 unspecified atom stereocenters. The Balaban J connectivity index is 1.71. The Kier molecular flexibility index (Phi) is 6.57. The van der Waals surface area contributed by atoms with Crippen LogP contribution in [0.4, 0.5) is 13.2 Å². The zero-order chi connectivity index (χ0) is 22.1. The molecule has 30 heavy (non-hydrogen) atoms. The maximum atomic E-state index is 13.3. The van der Waals surface area contributed by atoms with Gasteiger partial charge in [0, 0.05) is 26.2 Å². The third-order valence-corrected chi connectivity index (χ3v) is 5.96. The molecule has 1 fully saturated rings. The zero-order valence-electron chi connectivity index (χ0n) is 17.4. The highest BCUT2D eigenvalue weighted by atomic mass is 19.4. The Labute approximate surface area is 173 Å². The zero-order valence-corrected chi connectivity index (χ0v) is 17.4. The molecule has 1 amide bonds. The molecule has 0 bridgehead atoms. The molecule has 1 atom stereocenters. The Bertz CT molecular complexity index is 834. The Morgan fingerprint density at radius 2 is 1.97 bits per heavy atom. The fraction of sp³-hybridized carbons (Fsp3) is 0.750. The maximum absolute atomic E-state index is 13.3. The molecule has 1 aromatic heterocycles. The summed E-state index contributed by atoms with van der Waals surface area (Å²) in [5, 5.41) is 16.7. The van der Waals surface area contributed by atoms with E-state index in [1.807, 2.05) is 12.0 Å². The summed E-state index contributed by atoms with van der Waals surface area (Å²) in [5.74, 6) is -0.319. The molecular weight excluding hydrogens is 401 g/mol. The van der Waals surface area contributed by atoms with Crippen molar-refractivity contribution in [2.75, 3.05) is 26.2 Å². The van der Waals surface area contributed by atoms with Gasteiger partial charge in [0.2, 0.25) is 0 Å². The summed E-state index contributed by atoms with van der Waals surface area (Å²) in [4.78, 5) is 28.0. The highest BCUT2D eigenvalue weighted by Crippen LogP contribution is 2.42. The van der Waals surface area contributed by atoms with E-state index in [9.17, 15) is 27.9 Å². The summed E-state index contributed by atoms with van der Waals surface area (Å²) >= 11 is 0. The first-order valence-electron chi connectivity index (χ1n) is 10.6. The lowest BCUT2D eigenvalue weighted by Gasteiger charge is -2.49. The molecule has 1 aliphatic carbocycles. The molecule has 0 saturated carbocycles. The van der Waals surface area contributed by atoms with E-state index >= 15 is 0 Å². The van der Waals surface area contributed by atoms with Crippen molar-refractivity contribution in [3.63, 3.8) is 0 Å². The molecule has 7 nitrogen and oxygen atoms in total. The average Bonchev–Trinajstić information content (AvgIpc) is 3.06. The Hall–Kier alpha value is -1.94. The van der Waals surface area contributed by atoms with Crippen molar-refractivity contribution in [1.82, 2.24) is 20.0 Å². The van der Waals surface area contributed by atoms with E-state index in [0.717, 1.165) is 25.7 Å². The van der Waals surface area contributed by atoms with Gasteiger partial charge in [-0.2, -0.15) is 18.3 Å². The van der Waals surface area contributed by atoms with E-state index in [0.29, 0.717) is 19.5 Å². The van der Waals surface area contributed by atoms with Gasteiger partial charge >= 0.3 is 6.18 Å². The summed E-state index contributed by atoms with van der Waals surface area (Å²) in [6.07, 6.45) is -0.610. The number of hydrogen-bond donors (Lipinski definition) is 2. The van der Waals surface area contributed by atoms with E-state index in [-0.39, 0.29) is 36.7 Å². The van der Waals surface area contributed by atoms with Crippen LogP contribution in [0.2, 0.25) is 0 Å². The molecule has 0 spiro atoms. The van der Waals surface area contributed by atoms with Gasteiger partial charge in [-0.25, -0.2) is 5.10 Å². The average molecular weight is 430 g/mol. The number of halogens is 3. The van der Waals surface area contributed by atoms with Gasteiger partial charge in [-0.15, -0.1) is 0 Å². The van der Waals surface area contributed by atoms with E-state index in [2.05, 4.69) is 12.0 Å². The van der Waals surface area contributed by atoms with Gasteiger partial charge in [-0.3, -0.25) is 14.5 Å². The van der Waals surface area contributed by atoms with Crippen LogP contribution in [0.15, 0.2) is 4.79 Å². The first-order chi connectivity index (χ1) is 14.1. The number of nitrogens with zero attached hydrogens (tertiary/aromatic N) is 3. The topological polar surface area (TPSA) is 89.5 Å². The quantitative estimate of drug-likeness (QED) is 0.618. The number of hydrogen-bond acceptors (Lipinski definition) is 5. The van der Waals surface area contributed by atoms with Gasteiger partial charge in [0.1, 0.15) is 5.56 Å². The van der Waals surface area contributed by atoms with Crippen LogP contribution in [0, 0.1) is 0 Å². The number of alkyl halides is 3. The lowest BCUT2D eigenvalue weighted by atomic mass is 9.89. The number of aromatic nitrogens is 2. The van der Waals surface area contributed by atoms with Crippen LogP contribution in [0.3, 0.4) is 0 Å². The first kappa shape index (κ1) is 22.7. The predicted molar refractivity (Wildman–Crippen MR) is 104 cm³/mol. The fourth-order valence-electron chi connectivity index (χ4n) is 4.51. The number of unbranched alkanes of at least 4 members (excludes halogenated alkanes) is 2. The minimum Gasteiger partial charge on any atom is -0.377 e. The Morgan fingerprint density at radius 3 is 2.57 bits per heavy atom. The summed E-state index contributed by atoms with van der Waals surface area (Å²) in [6, 6.07) is -0.453. The third kappa shape index (κ3) is 4.25. The molecule has 2 N–H and O–H groups in total. The maximum Gasteiger partial charge on any atom is 0.422 e. The van der Waals surface area contributed by atoms with Crippen molar-refractivity contribution in [2.24, 2.45) is 0 Å². The molecule has 10 heteroatoms. The lowest BCUT2D eigenvalue weighted by Crippen LogP contribution is -2.69. The number of likely N-dealkylation sites (tertiary alicyclic amines) is 1. The van der Waals surface area contributed by atoms with Crippen LogP contribution in [-0.2, 0) is 17.4 Å². The number of nitrogens with one attached hydrogen (secondary N) is 1. The second-order valence-corrected chi connectivity index (χ2v) is 8.28. The minimum absolute atomic E-state index is 0.0477. The van der Waals surface area contributed by atoms with Crippen LogP contribution < -0.4 is 5.56 Å². The molecule has 2 aliphatic rings. The molecule has 1 aromatic rings. The summed E-state index contributed by atoms with van der Waals surface area (Å²) in [5.41, 5.74) is -3.85. The second-order valence-electron chi connectivity index (χ2n) is 8.28. The summed E-state index contributed by atoms with van der Waals surface area (Å²) < 4.78 is 39.9. The molecule has 1 aliphatic heterocycles. The number of carbonyl (C=O) groups excluding carboxylic acids is 1. The molecule has 0 radical (unpaired) electrons. The summed E-state index contributed by atoms with van der Waals surface area (Å²) in [7, 11) is 0. The second kappa shape index (κ2) is 8.66. The van der Waals surface area contributed by atoms with Crippen molar-refractivity contribution in [3.8, 4) is 0 Å². The van der Waals surface area contributed by atoms with Crippen LogP contribution in [-0.4, -0.2) is 62.8 Å². The number of fused-ring (bicyclic) bond motifs is 1. The third-order valence-electron chi connectivity index (χ3n) is 5.96. The van der Waals surface area contributed by atoms with Gasteiger partial charge in [0.15, 0.2) is 5.60 Å². The van der Waals surface area contributed by atoms with Crippen molar-refractivity contribution in [2.45, 2.75) is 70.2 Å². The number of aliphatic hydroxyl groups is 1. The fourth-order valence-corrected chi connectivity index (χ4v) is 4.51. The highest BCUT2D eigenvalue weighted by molar-refractivity contribution is 5.86. The number of rotatable bonds is 8. The van der Waals surface area contributed by atoms with E-state index in [4.69, 9.17) is 0 Å². The van der Waals surface area contributed by atoms with Crippen molar-refractivity contribution in [3.05, 3.63) is 27.2 Å². The first-order valence-corrected chi connectivity index (χ1v) is 10.6. The molecule has 3 rings (SSSR count). The number of β-amino-alcohol motifs (C(OH)–C–C–N with tert-alkyl or cyclic N) is 1. The van der Waals surface area contributed by atoms with Crippen molar-refractivity contribution >= 4 is 5.91 Å². The van der Waals surface area contributed by atoms with Crippen molar-refractivity contribution < 1.29 is 23.1 Å². The Morgan fingerprint density at radius 1 is 1.27 bits per heavy atom. The number of H-pyrrole nitrogens is 1. The van der Waals surface area contributed by atoms with Gasteiger partial charge in [-0.05, 0) is 31.2 Å². The number of carbonyl (C=O) groups is 1. The molecule has 2 heterocycles. The van der Waals surface area contributed by atoms with Crippen molar-refractivity contribution in [1.29, 1.82) is 0 Å². The SMILES string of the molecule is CCCCCN(CCC)C(=O)C1(O)CN([C@H]2CCc3c2n[nH]c(=O)c3C(F)(F)F)C1. The van der Waals surface area contributed by atoms with Crippen LogP contribution >= 0.6 is 0 Å². The minimum atomic E-state index is -4.75. The van der Waals surface area contributed by atoms with Gasteiger partial charge < -0.3 is 10.0 Å². The molecular formula is C20H29F3N4O3. The van der Waals surface area contributed by atoms with E-state index in [1.165, 1.54) is 0 Å². The summed E-state index contributed by atoms with van der Waals surface area (Å²) in [6.45, 7) is 5.30. The van der Waals surface area contributed by atoms with E-state index in [1.54, 1.807) is 9.80 Å². The van der Waals surface area contributed by atoms with Crippen LogP contribution in [0.1, 0.15) is 68.8 Å². The number of aromatic amines is 1. The van der Waals surface area contributed by atoms with Crippen LogP contribution in [0.25, 0.3) is 0 Å². The lowest BCUT2D eigenvalue weighted by molar-refractivity contribution is -0.175. The van der Waals surface area contributed by atoms with Gasteiger partial charge in [0.05, 0.1) is 11.7 Å². The van der Waals surface area contributed by atoms with Crippen LogP contribution in [0.5, 0.6) is 0 Å². The molecule has 168 valence electrons. The smallest absolute Gasteiger partial charge is 0.377 e. The highest BCUT2D eigenvalue weighted by Gasteiger charge is 2.53. The number of amides is 1. The van der Waals surface area contributed by atoms with Gasteiger partial charge in [0.25, 0.3) is 11.5 Å².